The van der Waals surface area contributed by atoms with Crippen molar-refractivity contribution in [3.63, 3.8) is 0 Å². The smallest absolute Gasteiger partial charge is 0.303 e. The molecular formula is C12H12O5S. The molecule has 5 nitrogen and oxygen atoms in total. The van der Waals surface area contributed by atoms with Crippen molar-refractivity contribution >= 4 is 21.9 Å². The lowest BCUT2D eigenvalue weighted by atomic mass is 10.2. The average Bonchev–Trinajstić information content (AvgIpc) is 2.61. The summed E-state index contributed by atoms with van der Waals surface area (Å²) < 4.78 is 28.4. The standard InChI is InChI=1S/C12H12O5S/c13-12(14)2-1-6-17-10-3-4-11-9(8-10)5-7-18(11,15)16/h3-5,7-8H,1-2,6H2,(H,13,14). The van der Waals surface area contributed by atoms with Crippen LogP contribution in [0.15, 0.2) is 28.5 Å². The van der Waals surface area contributed by atoms with Crippen LogP contribution in [0.5, 0.6) is 5.75 Å². The van der Waals surface area contributed by atoms with Crippen LogP contribution in [0, 0.1) is 0 Å². The Morgan fingerprint density at radius 2 is 2.11 bits per heavy atom. The molecule has 1 heterocycles. The fourth-order valence-electron chi connectivity index (χ4n) is 1.66. The largest absolute Gasteiger partial charge is 0.494 e. The maximum Gasteiger partial charge on any atom is 0.303 e. The van der Waals surface area contributed by atoms with Crippen LogP contribution < -0.4 is 4.74 Å². The van der Waals surface area contributed by atoms with Crippen LogP contribution in [-0.2, 0) is 14.6 Å². The van der Waals surface area contributed by atoms with Crippen LogP contribution in [0.25, 0.3) is 6.08 Å². The van der Waals surface area contributed by atoms with Crippen molar-refractivity contribution in [3.05, 3.63) is 29.2 Å². The van der Waals surface area contributed by atoms with Crippen molar-refractivity contribution in [2.75, 3.05) is 6.61 Å². The third-order valence-corrected chi connectivity index (χ3v) is 4.00. The van der Waals surface area contributed by atoms with Gasteiger partial charge in [-0.2, -0.15) is 0 Å². The van der Waals surface area contributed by atoms with Gasteiger partial charge in [-0.05, 0) is 36.3 Å². The number of ether oxygens (including phenoxy) is 1. The SMILES string of the molecule is O=C(O)CCCOc1ccc2c(c1)C=CS2(=O)=O. The third kappa shape index (κ3) is 2.70. The van der Waals surface area contributed by atoms with E-state index in [4.69, 9.17) is 9.84 Å². The van der Waals surface area contributed by atoms with E-state index in [-0.39, 0.29) is 11.3 Å². The number of carbonyl (C=O) groups is 1. The third-order valence-electron chi connectivity index (χ3n) is 2.52. The Kier molecular flexibility index (Phi) is 3.38. The van der Waals surface area contributed by atoms with Crippen molar-refractivity contribution in [1.29, 1.82) is 0 Å². The first-order valence-corrected chi connectivity index (χ1v) is 6.95. The van der Waals surface area contributed by atoms with Crippen LogP contribution in [-0.4, -0.2) is 26.1 Å². The van der Waals surface area contributed by atoms with Crippen LogP contribution in [0.3, 0.4) is 0 Å². The molecule has 0 saturated heterocycles. The van der Waals surface area contributed by atoms with Gasteiger partial charge in [-0.15, -0.1) is 0 Å². The summed E-state index contributed by atoms with van der Waals surface area (Å²) >= 11 is 0. The molecule has 2 rings (SSSR count). The van der Waals surface area contributed by atoms with Crippen LogP contribution in [0.4, 0.5) is 0 Å². The van der Waals surface area contributed by atoms with Crippen molar-refractivity contribution < 1.29 is 23.1 Å². The highest BCUT2D eigenvalue weighted by Gasteiger charge is 2.20. The molecule has 0 spiro atoms. The summed E-state index contributed by atoms with van der Waals surface area (Å²) in [6.07, 6.45) is 1.99. The van der Waals surface area contributed by atoms with E-state index >= 15 is 0 Å². The van der Waals surface area contributed by atoms with Crippen molar-refractivity contribution in [2.24, 2.45) is 0 Å². The first-order valence-electron chi connectivity index (χ1n) is 5.41. The quantitative estimate of drug-likeness (QED) is 0.822. The molecule has 0 saturated carbocycles. The van der Waals surface area contributed by atoms with Gasteiger partial charge in [0.1, 0.15) is 5.75 Å². The maximum atomic E-state index is 11.5. The highest BCUT2D eigenvalue weighted by atomic mass is 32.2. The first-order chi connectivity index (χ1) is 8.49. The van der Waals surface area contributed by atoms with Gasteiger partial charge in [-0.1, -0.05) is 0 Å². The number of aliphatic carboxylic acids is 1. The summed E-state index contributed by atoms with van der Waals surface area (Å²) in [5.41, 5.74) is 0.603. The number of hydrogen-bond acceptors (Lipinski definition) is 4. The van der Waals surface area contributed by atoms with Gasteiger partial charge in [0.05, 0.1) is 11.5 Å². The number of sulfone groups is 1. The first kappa shape index (κ1) is 12.6. The van der Waals surface area contributed by atoms with Crippen molar-refractivity contribution in [2.45, 2.75) is 17.7 Å². The lowest BCUT2D eigenvalue weighted by molar-refractivity contribution is -0.137. The highest BCUT2D eigenvalue weighted by molar-refractivity contribution is 7.94. The van der Waals surface area contributed by atoms with E-state index in [9.17, 15) is 13.2 Å². The number of carboxylic acid groups (broad SMARTS) is 1. The Morgan fingerprint density at radius 1 is 1.33 bits per heavy atom. The zero-order valence-electron chi connectivity index (χ0n) is 9.50. The van der Waals surface area contributed by atoms with Gasteiger partial charge >= 0.3 is 5.97 Å². The second-order valence-corrected chi connectivity index (χ2v) is 5.70. The predicted molar refractivity (Wildman–Crippen MR) is 65.0 cm³/mol. The molecule has 0 radical (unpaired) electrons. The minimum Gasteiger partial charge on any atom is -0.494 e. The van der Waals surface area contributed by atoms with E-state index in [1.165, 1.54) is 12.1 Å². The van der Waals surface area contributed by atoms with Crippen LogP contribution >= 0.6 is 0 Å². The summed E-state index contributed by atoms with van der Waals surface area (Å²) in [6.45, 7) is 0.293. The van der Waals surface area contributed by atoms with Gasteiger partial charge in [-0.3, -0.25) is 4.79 Å². The molecule has 0 atom stereocenters. The number of rotatable bonds is 5. The molecule has 1 aromatic carbocycles. The van der Waals surface area contributed by atoms with Gasteiger partial charge in [-0.25, -0.2) is 8.42 Å². The summed E-state index contributed by atoms with van der Waals surface area (Å²) in [5.74, 6) is -0.317. The van der Waals surface area contributed by atoms with Gasteiger partial charge in [0.15, 0.2) is 9.84 Å². The van der Waals surface area contributed by atoms with Crippen LogP contribution in [0.2, 0.25) is 0 Å². The van der Waals surface area contributed by atoms with E-state index in [1.54, 1.807) is 12.1 Å². The molecule has 0 unspecified atom stereocenters. The summed E-state index contributed by atoms with van der Waals surface area (Å²) in [7, 11) is -3.27. The Morgan fingerprint density at radius 3 is 2.83 bits per heavy atom. The lowest BCUT2D eigenvalue weighted by Crippen LogP contribution is -2.02. The van der Waals surface area contributed by atoms with E-state index in [2.05, 4.69) is 0 Å². The van der Waals surface area contributed by atoms with Crippen molar-refractivity contribution in [3.8, 4) is 5.75 Å². The molecule has 1 N–H and O–H groups in total. The van der Waals surface area contributed by atoms with Gasteiger partial charge in [0, 0.05) is 11.8 Å². The van der Waals surface area contributed by atoms with Crippen LogP contribution in [0.1, 0.15) is 18.4 Å². The molecule has 96 valence electrons. The minimum absolute atomic E-state index is 0.0548. The molecule has 0 aliphatic carbocycles. The molecule has 18 heavy (non-hydrogen) atoms. The van der Waals surface area contributed by atoms with E-state index in [0.717, 1.165) is 5.41 Å². The molecule has 0 fully saturated rings. The Balaban J connectivity index is 2.01. The number of fused-ring (bicyclic) bond motifs is 1. The highest BCUT2D eigenvalue weighted by Crippen LogP contribution is 2.29. The molecule has 0 amide bonds. The molecule has 1 aliphatic rings. The monoisotopic (exact) mass is 268 g/mol. The number of carboxylic acids is 1. The fraction of sp³-hybridized carbons (Fsp3) is 0.250. The summed E-state index contributed by atoms with van der Waals surface area (Å²) in [5, 5.41) is 9.62. The second kappa shape index (κ2) is 4.81. The Bertz CT molecular complexity index is 601. The zero-order chi connectivity index (χ0) is 13.2. The fourth-order valence-corrected chi connectivity index (χ4v) is 2.84. The number of hydrogen-bond donors (Lipinski definition) is 1. The topological polar surface area (TPSA) is 80.7 Å². The summed E-state index contributed by atoms with van der Waals surface area (Å²) in [6, 6.07) is 4.71. The summed E-state index contributed by atoms with van der Waals surface area (Å²) in [4.78, 5) is 10.6. The van der Waals surface area contributed by atoms with Gasteiger partial charge < -0.3 is 9.84 Å². The molecule has 1 aliphatic heterocycles. The zero-order valence-corrected chi connectivity index (χ0v) is 10.3. The molecule has 0 bridgehead atoms. The van der Waals surface area contributed by atoms with Gasteiger partial charge in [0.25, 0.3) is 0 Å². The van der Waals surface area contributed by atoms with E-state index in [0.29, 0.717) is 24.3 Å². The average molecular weight is 268 g/mol. The Labute approximate surface area is 105 Å². The van der Waals surface area contributed by atoms with E-state index in [1.807, 2.05) is 0 Å². The Hall–Kier alpha value is -1.82. The maximum absolute atomic E-state index is 11.5. The van der Waals surface area contributed by atoms with E-state index < -0.39 is 15.8 Å². The molecule has 1 aromatic rings. The second-order valence-electron chi connectivity index (χ2n) is 3.89. The molecular weight excluding hydrogens is 256 g/mol. The molecule has 6 heteroatoms. The predicted octanol–water partition coefficient (Wildman–Crippen LogP) is 1.69. The minimum atomic E-state index is -3.27. The van der Waals surface area contributed by atoms with Gasteiger partial charge in [0.2, 0.25) is 0 Å². The van der Waals surface area contributed by atoms with Crippen molar-refractivity contribution in [1.82, 2.24) is 0 Å². The number of benzene rings is 1. The lowest BCUT2D eigenvalue weighted by Gasteiger charge is -2.06. The molecule has 0 aromatic heterocycles. The normalized spacial score (nSPS) is 15.3.